The van der Waals surface area contributed by atoms with Gasteiger partial charge in [-0.05, 0) is 50.5 Å². The second-order valence-corrected chi connectivity index (χ2v) is 5.48. The smallest absolute Gasteiger partial charge is 0.163 e. The number of nitrogens with one attached hydrogen (secondary N) is 1. The molecule has 0 radical (unpaired) electrons. The Morgan fingerprint density at radius 1 is 1.50 bits per heavy atom. The molecule has 1 saturated heterocycles. The van der Waals surface area contributed by atoms with Gasteiger partial charge >= 0.3 is 0 Å². The molecule has 0 aliphatic carbocycles. The molecule has 0 atom stereocenters. The van der Waals surface area contributed by atoms with Crippen LogP contribution in [-0.2, 0) is 0 Å². The predicted octanol–water partition coefficient (Wildman–Crippen LogP) is 2.10. The van der Waals surface area contributed by atoms with Crippen molar-refractivity contribution < 1.29 is 0 Å². The van der Waals surface area contributed by atoms with E-state index in [0.717, 1.165) is 25.3 Å². The number of pyridine rings is 1. The number of nitriles is 1. The van der Waals surface area contributed by atoms with Crippen LogP contribution in [0.4, 0.5) is 5.69 Å². The van der Waals surface area contributed by atoms with E-state index in [1.165, 1.54) is 12.8 Å². The Balaban J connectivity index is 1.97. The first-order chi connectivity index (χ1) is 8.63. The minimum absolute atomic E-state index is 0.315. The van der Waals surface area contributed by atoms with Gasteiger partial charge in [-0.15, -0.1) is 0 Å². The van der Waals surface area contributed by atoms with Gasteiger partial charge < -0.3 is 10.2 Å². The van der Waals surface area contributed by atoms with Crippen molar-refractivity contribution in [2.75, 3.05) is 32.0 Å². The largest absolute Gasteiger partial charge is 0.382 e. The van der Waals surface area contributed by atoms with Crippen LogP contribution in [0.25, 0.3) is 0 Å². The first kappa shape index (κ1) is 12.8. The fourth-order valence-corrected chi connectivity index (χ4v) is 2.28. The summed E-state index contributed by atoms with van der Waals surface area (Å²) in [4.78, 5) is 6.43. The number of aromatic nitrogens is 1. The lowest BCUT2D eigenvalue weighted by atomic mass is 9.80. The monoisotopic (exact) mass is 244 g/mol. The van der Waals surface area contributed by atoms with E-state index in [2.05, 4.69) is 35.2 Å². The van der Waals surface area contributed by atoms with Gasteiger partial charge in [-0.25, -0.2) is 4.98 Å². The molecular weight excluding hydrogens is 224 g/mol. The summed E-state index contributed by atoms with van der Waals surface area (Å²) >= 11 is 0. The molecule has 0 amide bonds. The SMILES string of the molecule is CN1CCC(C)(CNc2cccnc2C#N)CC1. The summed E-state index contributed by atoms with van der Waals surface area (Å²) in [6, 6.07) is 5.90. The van der Waals surface area contributed by atoms with E-state index in [-0.39, 0.29) is 0 Å². The van der Waals surface area contributed by atoms with Gasteiger partial charge in [0.2, 0.25) is 0 Å². The highest BCUT2D eigenvalue weighted by molar-refractivity contribution is 5.53. The fraction of sp³-hybridized carbons (Fsp3) is 0.571. The van der Waals surface area contributed by atoms with E-state index in [1.54, 1.807) is 6.20 Å². The van der Waals surface area contributed by atoms with Gasteiger partial charge in [0.05, 0.1) is 5.69 Å². The molecule has 2 rings (SSSR count). The number of nitrogens with zero attached hydrogens (tertiary/aromatic N) is 3. The Labute approximate surface area is 109 Å². The molecule has 0 bridgehead atoms. The maximum absolute atomic E-state index is 9.00. The Kier molecular flexibility index (Phi) is 3.83. The first-order valence-corrected chi connectivity index (χ1v) is 6.40. The van der Waals surface area contributed by atoms with Crippen LogP contribution >= 0.6 is 0 Å². The van der Waals surface area contributed by atoms with Crippen molar-refractivity contribution in [1.82, 2.24) is 9.88 Å². The molecule has 4 heteroatoms. The van der Waals surface area contributed by atoms with Gasteiger partial charge in [0.25, 0.3) is 0 Å². The van der Waals surface area contributed by atoms with Crippen molar-refractivity contribution in [2.24, 2.45) is 5.41 Å². The second kappa shape index (κ2) is 5.36. The van der Waals surface area contributed by atoms with Crippen molar-refractivity contribution in [1.29, 1.82) is 5.26 Å². The quantitative estimate of drug-likeness (QED) is 0.884. The number of anilines is 1. The van der Waals surface area contributed by atoms with Gasteiger partial charge in [-0.3, -0.25) is 0 Å². The van der Waals surface area contributed by atoms with Crippen molar-refractivity contribution in [2.45, 2.75) is 19.8 Å². The number of hydrogen-bond acceptors (Lipinski definition) is 4. The van der Waals surface area contributed by atoms with E-state index < -0.39 is 0 Å². The van der Waals surface area contributed by atoms with Crippen LogP contribution in [0.1, 0.15) is 25.5 Å². The molecule has 1 N–H and O–H groups in total. The molecule has 1 aromatic heterocycles. The summed E-state index contributed by atoms with van der Waals surface area (Å²) in [6.07, 6.45) is 4.04. The molecule has 1 aromatic rings. The summed E-state index contributed by atoms with van der Waals surface area (Å²) in [7, 11) is 2.17. The number of rotatable bonds is 3. The molecule has 18 heavy (non-hydrogen) atoms. The zero-order valence-corrected chi connectivity index (χ0v) is 11.1. The van der Waals surface area contributed by atoms with Crippen LogP contribution in [0.15, 0.2) is 18.3 Å². The van der Waals surface area contributed by atoms with Gasteiger partial charge in [-0.2, -0.15) is 5.26 Å². The predicted molar refractivity (Wildman–Crippen MR) is 72.3 cm³/mol. The van der Waals surface area contributed by atoms with Crippen molar-refractivity contribution in [3.8, 4) is 6.07 Å². The zero-order valence-electron chi connectivity index (χ0n) is 11.1. The second-order valence-electron chi connectivity index (χ2n) is 5.48. The third-order valence-electron chi connectivity index (χ3n) is 3.81. The maximum Gasteiger partial charge on any atom is 0.163 e. The van der Waals surface area contributed by atoms with E-state index in [1.807, 2.05) is 12.1 Å². The maximum atomic E-state index is 9.00. The molecule has 96 valence electrons. The van der Waals surface area contributed by atoms with Crippen LogP contribution in [0, 0.1) is 16.7 Å². The first-order valence-electron chi connectivity index (χ1n) is 6.40. The molecule has 1 aliphatic heterocycles. The Morgan fingerprint density at radius 3 is 2.89 bits per heavy atom. The van der Waals surface area contributed by atoms with Crippen LogP contribution in [0.2, 0.25) is 0 Å². The van der Waals surface area contributed by atoms with E-state index in [0.29, 0.717) is 11.1 Å². The van der Waals surface area contributed by atoms with Crippen molar-refractivity contribution >= 4 is 5.69 Å². The Hall–Kier alpha value is -1.60. The molecule has 0 saturated carbocycles. The minimum Gasteiger partial charge on any atom is -0.382 e. The average molecular weight is 244 g/mol. The third kappa shape index (κ3) is 2.99. The highest BCUT2D eigenvalue weighted by Gasteiger charge is 2.28. The summed E-state index contributed by atoms with van der Waals surface area (Å²) in [5, 5.41) is 12.4. The van der Waals surface area contributed by atoms with E-state index in [4.69, 9.17) is 5.26 Å². The standard InChI is InChI=1S/C14H20N4/c1-14(5-8-18(2)9-6-14)11-17-12-4-3-7-16-13(12)10-15/h3-4,7,17H,5-6,8-9,11H2,1-2H3. The lowest BCUT2D eigenvalue weighted by Gasteiger charge is -2.38. The molecule has 2 heterocycles. The van der Waals surface area contributed by atoms with Gasteiger partial charge in [0.1, 0.15) is 6.07 Å². The highest BCUT2D eigenvalue weighted by atomic mass is 15.1. The molecule has 1 fully saturated rings. The molecule has 0 unspecified atom stereocenters. The van der Waals surface area contributed by atoms with Gasteiger partial charge in [-0.1, -0.05) is 6.92 Å². The van der Waals surface area contributed by atoms with Crippen molar-refractivity contribution in [3.63, 3.8) is 0 Å². The van der Waals surface area contributed by atoms with Crippen LogP contribution in [-0.4, -0.2) is 36.6 Å². The van der Waals surface area contributed by atoms with E-state index >= 15 is 0 Å². The normalized spacial score (nSPS) is 19.2. The van der Waals surface area contributed by atoms with Crippen LogP contribution in [0.3, 0.4) is 0 Å². The van der Waals surface area contributed by atoms with Crippen molar-refractivity contribution in [3.05, 3.63) is 24.0 Å². The minimum atomic E-state index is 0.315. The Bertz CT molecular complexity index is 441. The lowest BCUT2D eigenvalue weighted by molar-refractivity contribution is 0.150. The van der Waals surface area contributed by atoms with Crippen LogP contribution < -0.4 is 5.32 Å². The summed E-state index contributed by atoms with van der Waals surface area (Å²) in [6.45, 7) is 5.52. The number of hydrogen-bond donors (Lipinski definition) is 1. The third-order valence-corrected chi connectivity index (χ3v) is 3.81. The van der Waals surface area contributed by atoms with E-state index in [9.17, 15) is 0 Å². The highest BCUT2D eigenvalue weighted by Crippen LogP contribution is 2.30. The molecule has 1 aliphatic rings. The van der Waals surface area contributed by atoms with Gasteiger partial charge in [0, 0.05) is 12.7 Å². The average Bonchev–Trinajstić information content (AvgIpc) is 2.41. The number of likely N-dealkylation sites (tertiary alicyclic amines) is 1. The number of piperidine rings is 1. The van der Waals surface area contributed by atoms with Gasteiger partial charge in [0.15, 0.2) is 5.69 Å². The topological polar surface area (TPSA) is 52.0 Å². The van der Waals surface area contributed by atoms with Crippen LogP contribution in [0.5, 0.6) is 0 Å². The summed E-state index contributed by atoms with van der Waals surface area (Å²) < 4.78 is 0. The molecule has 0 spiro atoms. The Morgan fingerprint density at radius 2 is 2.22 bits per heavy atom. The molecular formula is C14H20N4. The molecule has 4 nitrogen and oxygen atoms in total. The molecule has 0 aromatic carbocycles. The zero-order chi connectivity index (χ0) is 13.0. The summed E-state index contributed by atoms with van der Waals surface area (Å²) in [5.41, 5.74) is 1.64. The lowest BCUT2D eigenvalue weighted by Crippen LogP contribution is -2.40. The summed E-state index contributed by atoms with van der Waals surface area (Å²) in [5.74, 6) is 0. The fourth-order valence-electron chi connectivity index (χ4n) is 2.28.